The molecule has 4 atom stereocenters. The molecule has 30 heavy (non-hydrogen) atoms. The van der Waals surface area contributed by atoms with Crippen molar-refractivity contribution in [2.75, 3.05) is 0 Å². The molecular formula is C28H54O2. The van der Waals surface area contributed by atoms with E-state index in [1.165, 1.54) is 38.5 Å². The Morgan fingerprint density at radius 2 is 1.43 bits per heavy atom. The van der Waals surface area contributed by atoms with Gasteiger partial charge in [0.1, 0.15) is 5.60 Å². The van der Waals surface area contributed by atoms with Gasteiger partial charge in [0.15, 0.2) is 0 Å². The number of esters is 1. The molecule has 0 aromatic heterocycles. The van der Waals surface area contributed by atoms with Gasteiger partial charge < -0.3 is 4.74 Å². The fraction of sp³-hybridized carbons (Fsp3) is 0.964. The van der Waals surface area contributed by atoms with E-state index in [0.29, 0.717) is 11.3 Å². The van der Waals surface area contributed by atoms with Crippen molar-refractivity contribution < 1.29 is 9.53 Å². The molecule has 2 heteroatoms. The molecule has 2 aliphatic rings. The van der Waals surface area contributed by atoms with E-state index in [0.717, 1.165) is 25.2 Å². The Hall–Kier alpha value is -0.530. The van der Waals surface area contributed by atoms with E-state index in [-0.39, 0.29) is 28.3 Å². The molecule has 0 aromatic rings. The standard InChI is InChI=1S/C23H42O2.C5H12/c1-8-22(5,6)19(16-21(2,3)4)20(24)25-23(7)15-11-13-17-12-9-10-14-18(17)23;1-5(2,3)4/h17-19H,8-16H2,1-7H3;1-4H3. The predicted molar refractivity (Wildman–Crippen MR) is 131 cm³/mol. The molecule has 2 saturated carbocycles. The monoisotopic (exact) mass is 422 g/mol. The van der Waals surface area contributed by atoms with Gasteiger partial charge in [-0.25, -0.2) is 0 Å². The zero-order valence-corrected chi connectivity index (χ0v) is 22.4. The maximum atomic E-state index is 13.4. The van der Waals surface area contributed by atoms with Crippen molar-refractivity contribution in [2.24, 2.45) is 34.0 Å². The SMILES string of the molecule is CC(C)(C)C.CCC(C)(C)C(CC(C)(C)C)C(=O)OC1(C)CCCC2CCCCC21. The van der Waals surface area contributed by atoms with Crippen LogP contribution in [0.3, 0.4) is 0 Å². The summed E-state index contributed by atoms with van der Waals surface area (Å²) >= 11 is 0. The van der Waals surface area contributed by atoms with Crippen molar-refractivity contribution in [1.29, 1.82) is 0 Å². The molecule has 0 saturated heterocycles. The third-order valence-electron chi connectivity index (χ3n) is 7.23. The highest BCUT2D eigenvalue weighted by molar-refractivity contribution is 5.74. The summed E-state index contributed by atoms with van der Waals surface area (Å²) < 4.78 is 6.41. The first-order chi connectivity index (χ1) is 13.5. The highest BCUT2D eigenvalue weighted by Crippen LogP contribution is 2.49. The topological polar surface area (TPSA) is 26.3 Å². The lowest BCUT2D eigenvalue weighted by molar-refractivity contribution is -0.184. The van der Waals surface area contributed by atoms with Crippen LogP contribution >= 0.6 is 0 Å². The van der Waals surface area contributed by atoms with Gasteiger partial charge in [-0.15, -0.1) is 0 Å². The smallest absolute Gasteiger partial charge is 0.310 e. The molecule has 0 bridgehead atoms. The molecule has 0 N–H and O–H groups in total. The quantitative estimate of drug-likeness (QED) is 0.414. The van der Waals surface area contributed by atoms with Crippen LogP contribution in [-0.4, -0.2) is 11.6 Å². The number of rotatable bonds is 5. The summed E-state index contributed by atoms with van der Waals surface area (Å²) in [5.41, 5.74) is 0.388. The molecule has 2 rings (SSSR count). The largest absolute Gasteiger partial charge is 0.459 e. The van der Waals surface area contributed by atoms with Gasteiger partial charge in [-0.2, -0.15) is 0 Å². The third kappa shape index (κ3) is 8.91. The summed E-state index contributed by atoms with van der Waals surface area (Å²) in [5.74, 6) is 1.41. The maximum absolute atomic E-state index is 13.4. The van der Waals surface area contributed by atoms with Crippen LogP contribution in [0, 0.1) is 34.0 Å². The number of carbonyl (C=O) groups is 1. The summed E-state index contributed by atoms with van der Waals surface area (Å²) in [7, 11) is 0. The van der Waals surface area contributed by atoms with Gasteiger partial charge >= 0.3 is 5.97 Å². The molecule has 0 radical (unpaired) electrons. The first-order valence-electron chi connectivity index (χ1n) is 12.7. The van der Waals surface area contributed by atoms with Gasteiger partial charge in [-0.1, -0.05) is 94.9 Å². The zero-order chi connectivity index (χ0) is 23.4. The van der Waals surface area contributed by atoms with Gasteiger partial charge in [-0.05, 0) is 61.2 Å². The van der Waals surface area contributed by atoms with Gasteiger partial charge in [-0.3, -0.25) is 4.79 Å². The van der Waals surface area contributed by atoms with Crippen molar-refractivity contribution >= 4 is 5.97 Å². The molecule has 2 aliphatic carbocycles. The number of fused-ring (bicyclic) bond motifs is 1. The van der Waals surface area contributed by atoms with E-state index < -0.39 is 0 Å². The Kier molecular flexibility index (Phi) is 9.53. The van der Waals surface area contributed by atoms with Crippen LogP contribution in [0.2, 0.25) is 0 Å². The minimum atomic E-state index is -0.236. The highest BCUT2D eigenvalue weighted by Gasteiger charge is 2.48. The molecule has 0 heterocycles. The van der Waals surface area contributed by atoms with Crippen LogP contribution in [-0.2, 0) is 9.53 Å². The summed E-state index contributed by atoms with van der Waals surface area (Å²) in [5, 5.41) is 0. The van der Waals surface area contributed by atoms with Crippen LogP contribution in [0.1, 0.15) is 134 Å². The van der Waals surface area contributed by atoms with Crippen molar-refractivity contribution in [2.45, 2.75) is 140 Å². The van der Waals surface area contributed by atoms with E-state index in [4.69, 9.17) is 4.74 Å². The van der Waals surface area contributed by atoms with Crippen LogP contribution < -0.4 is 0 Å². The van der Waals surface area contributed by atoms with E-state index in [2.05, 4.69) is 76.2 Å². The minimum absolute atomic E-state index is 0.0125. The van der Waals surface area contributed by atoms with E-state index in [1.807, 2.05) is 0 Å². The number of hydrogen-bond acceptors (Lipinski definition) is 2. The molecule has 0 aromatic carbocycles. The first kappa shape index (κ1) is 27.5. The molecule has 0 aliphatic heterocycles. The van der Waals surface area contributed by atoms with Crippen molar-refractivity contribution in [3.8, 4) is 0 Å². The second-order valence-corrected chi connectivity index (χ2v) is 13.9. The molecule has 178 valence electrons. The normalized spacial score (nSPS) is 28.6. The maximum Gasteiger partial charge on any atom is 0.310 e. The van der Waals surface area contributed by atoms with Gasteiger partial charge in [0.05, 0.1) is 5.92 Å². The summed E-state index contributed by atoms with van der Waals surface area (Å²) in [6, 6.07) is 0. The highest BCUT2D eigenvalue weighted by atomic mass is 16.6. The summed E-state index contributed by atoms with van der Waals surface area (Å²) in [6.07, 6.45) is 10.8. The first-order valence-corrected chi connectivity index (χ1v) is 12.7. The molecule has 4 unspecified atom stereocenters. The molecular weight excluding hydrogens is 368 g/mol. The Morgan fingerprint density at radius 3 is 1.93 bits per heavy atom. The lowest BCUT2D eigenvalue weighted by Gasteiger charge is -2.49. The average molecular weight is 423 g/mol. The van der Waals surface area contributed by atoms with Gasteiger partial charge in [0.2, 0.25) is 0 Å². The van der Waals surface area contributed by atoms with Crippen LogP contribution in [0.4, 0.5) is 0 Å². The molecule has 0 spiro atoms. The Balaban J connectivity index is 0.000000804. The lowest BCUT2D eigenvalue weighted by atomic mass is 9.63. The minimum Gasteiger partial charge on any atom is -0.459 e. The Bertz CT molecular complexity index is 526. The average Bonchev–Trinajstić information content (AvgIpc) is 2.57. The van der Waals surface area contributed by atoms with Gasteiger partial charge in [0, 0.05) is 5.92 Å². The van der Waals surface area contributed by atoms with Crippen LogP contribution in [0.25, 0.3) is 0 Å². The van der Waals surface area contributed by atoms with E-state index in [1.54, 1.807) is 0 Å². The lowest BCUT2D eigenvalue weighted by Crippen LogP contribution is -2.49. The van der Waals surface area contributed by atoms with Gasteiger partial charge in [0.25, 0.3) is 0 Å². The van der Waals surface area contributed by atoms with Crippen LogP contribution in [0.5, 0.6) is 0 Å². The van der Waals surface area contributed by atoms with Crippen molar-refractivity contribution in [3.05, 3.63) is 0 Å². The van der Waals surface area contributed by atoms with Crippen LogP contribution in [0.15, 0.2) is 0 Å². The number of hydrogen-bond donors (Lipinski definition) is 0. The predicted octanol–water partition coefficient (Wildman–Crippen LogP) is 8.82. The fourth-order valence-electron chi connectivity index (χ4n) is 5.22. The van der Waals surface area contributed by atoms with E-state index in [9.17, 15) is 4.79 Å². The molecule has 2 nitrogen and oxygen atoms in total. The fourth-order valence-corrected chi connectivity index (χ4v) is 5.22. The molecule has 0 amide bonds. The number of ether oxygens (including phenoxy) is 1. The summed E-state index contributed by atoms with van der Waals surface area (Å²) in [4.78, 5) is 13.4. The third-order valence-corrected chi connectivity index (χ3v) is 7.23. The molecule has 2 fully saturated rings. The Labute approximate surface area is 189 Å². The number of carbonyl (C=O) groups excluding carboxylic acids is 1. The second kappa shape index (κ2) is 10.4. The Morgan fingerprint density at radius 1 is 0.933 bits per heavy atom. The second-order valence-electron chi connectivity index (χ2n) is 13.9. The van der Waals surface area contributed by atoms with Crippen molar-refractivity contribution in [1.82, 2.24) is 0 Å². The zero-order valence-electron chi connectivity index (χ0n) is 22.4. The summed E-state index contributed by atoms with van der Waals surface area (Å²) in [6.45, 7) is 24.4. The van der Waals surface area contributed by atoms with Crippen molar-refractivity contribution in [3.63, 3.8) is 0 Å². The van der Waals surface area contributed by atoms with E-state index >= 15 is 0 Å².